The van der Waals surface area contributed by atoms with Crippen LogP contribution in [0.15, 0.2) is 30.3 Å². The Bertz CT molecular complexity index is 914. The van der Waals surface area contributed by atoms with E-state index >= 15 is 0 Å². The van der Waals surface area contributed by atoms with E-state index in [-0.39, 0.29) is 24.5 Å². The highest BCUT2D eigenvalue weighted by molar-refractivity contribution is 6.34. The normalized spacial score (nSPS) is 12.7. The molecule has 0 saturated carbocycles. The summed E-state index contributed by atoms with van der Waals surface area (Å²) in [6.45, 7) is 1.08. The van der Waals surface area contributed by atoms with Gasteiger partial charge < -0.3 is 24.3 Å². The average Bonchev–Trinajstić information content (AvgIpc) is 2.96. The predicted octanol–water partition coefficient (Wildman–Crippen LogP) is 4.12. The second kappa shape index (κ2) is 9.52. The largest absolute Gasteiger partial charge is 0.493 e. The van der Waals surface area contributed by atoms with Crippen LogP contribution in [0.2, 0.25) is 5.02 Å². The molecule has 0 radical (unpaired) electrons. The number of hydrogen-bond acceptors (Lipinski definition) is 6. The van der Waals surface area contributed by atoms with E-state index < -0.39 is 0 Å². The number of ketones is 1. The Morgan fingerprint density at radius 2 is 1.69 bits per heavy atom. The molecule has 0 aliphatic carbocycles. The van der Waals surface area contributed by atoms with Crippen molar-refractivity contribution in [2.24, 2.45) is 0 Å². The average molecular weight is 420 g/mol. The van der Waals surface area contributed by atoms with Gasteiger partial charge in [0.15, 0.2) is 28.8 Å². The fourth-order valence-corrected chi connectivity index (χ4v) is 3.07. The molecule has 2 aromatic rings. The molecular formula is C21H22ClNO6. The minimum atomic E-state index is -0.324. The van der Waals surface area contributed by atoms with Crippen LogP contribution < -0.4 is 24.3 Å². The van der Waals surface area contributed by atoms with Crippen LogP contribution in [-0.4, -0.2) is 39.1 Å². The van der Waals surface area contributed by atoms with Gasteiger partial charge in [-0.15, -0.1) is 0 Å². The van der Waals surface area contributed by atoms with Crippen molar-refractivity contribution in [3.8, 4) is 23.0 Å². The number of amides is 1. The van der Waals surface area contributed by atoms with Crippen molar-refractivity contribution < 1.29 is 28.5 Å². The van der Waals surface area contributed by atoms with Crippen molar-refractivity contribution in [3.63, 3.8) is 0 Å². The summed E-state index contributed by atoms with van der Waals surface area (Å²) in [6.07, 6.45) is 0.827. The van der Waals surface area contributed by atoms with Crippen LogP contribution in [0, 0.1) is 0 Å². The maximum atomic E-state index is 12.4. The van der Waals surface area contributed by atoms with Gasteiger partial charge in [-0.1, -0.05) is 11.6 Å². The molecule has 29 heavy (non-hydrogen) atoms. The van der Waals surface area contributed by atoms with E-state index in [9.17, 15) is 9.59 Å². The van der Waals surface area contributed by atoms with Crippen molar-refractivity contribution in [2.45, 2.75) is 19.3 Å². The molecule has 1 aliphatic heterocycles. The van der Waals surface area contributed by atoms with Crippen LogP contribution in [-0.2, 0) is 4.79 Å². The lowest BCUT2D eigenvalue weighted by Crippen LogP contribution is -2.14. The van der Waals surface area contributed by atoms with Gasteiger partial charge >= 0.3 is 0 Å². The quantitative estimate of drug-likeness (QED) is 0.680. The molecule has 1 heterocycles. The Labute approximate surface area is 173 Å². The molecule has 3 rings (SSSR count). The molecule has 2 aromatic carbocycles. The van der Waals surface area contributed by atoms with Crippen LogP contribution in [0.1, 0.15) is 29.6 Å². The number of benzene rings is 2. The number of rotatable bonds is 7. The zero-order valence-electron chi connectivity index (χ0n) is 16.2. The number of carbonyl (C=O) groups is 2. The summed E-state index contributed by atoms with van der Waals surface area (Å²) in [4.78, 5) is 24.7. The van der Waals surface area contributed by atoms with E-state index in [1.54, 1.807) is 30.3 Å². The summed E-state index contributed by atoms with van der Waals surface area (Å²) in [5.74, 6) is 1.58. The molecule has 1 N–H and O–H groups in total. The fourth-order valence-electron chi connectivity index (χ4n) is 2.87. The van der Waals surface area contributed by atoms with Crippen LogP contribution in [0.25, 0.3) is 0 Å². The SMILES string of the molecule is COc1ccc(C(=O)CCC(=O)Nc2cc3c(cc2Cl)OCCCO3)cc1OC. The number of Topliss-reactive ketones (excluding diaryl/α,β-unsaturated/α-hetero) is 1. The second-order valence-corrected chi connectivity index (χ2v) is 6.78. The number of ether oxygens (including phenoxy) is 4. The topological polar surface area (TPSA) is 83.1 Å². The van der Waals surface area contributed by atoms with Crippen molar-refractivity contribution in [1.82, 2.24) is 0 Å². The van der Waals surface area contributed by atoms with Gasteiger partial charge in [0.25, 0.3) is 0 Å². The highest BCUT2D eigenvalue weighted by Crippen LogP contribution is 2.37. The first-order valence-corrected chi connectivity index (χ1v) is 9.54. The first-order chi connectivity index (χ1) is 14.0. The van der Waals surface area contributed by atoms with Gasteiger partial charge in [0, 0.05) is 37.0 Å². The van der Waals surface area contributed by atoms with Crippen LogP contribution in [0.3, 0.4) is 0 Å². The number of methoxy groups -OCH3 is 2. The van der Waals surface area contributed by atoms with E-state index in [1.165, 1.54) is 14.2 Å². The smallest absolute Gasteiger partial charge is 0.224 e. The molecule has 0 aromatic heterocycles. The third-order valence-electron chi connectivity index (χ3n) is 4.40. The second-order valence-electron chi connectivity index (χ2n) is 6.37. The molecule has 0 bridgehead atoms. The number of fused-ring (bicyclic) bond motifs is 1. The molecule has 154 valence electrons. The molecular weight excluding hydrogens is 398 g/mol. The Morgan fingerprint density at radius 3 is 2.38 bits per heavy atom. The summed E-state index contributed by atoms with van der Waals surface area (Å²) < 4.78 is 21.5. The first kappa shape index (κ1) is 20.8. The molecule has 8 heteroatoms. The highest BCUT2D eigenvalue weighted by Gasteiger charge is 2.17. The van der Waals surface area contributed by atoms with Gasteiger partial charge in [-0.2, -0.15) is 0 Å². The van der Waals surface area contributed by atoms with Gasteiger partial charge in [-0.3, -0.25) is 9.59 Å². The Balaban J connectivity index is 1.61. The molecule has 0 unspecified atom stereocenters. The number of nitrogens with one attached hydrogen (secondary N) is 1. The van der Waals surface area contributed by atoms with Crippen LogP contribution in [0.5, 0.6) is 23.0 Å². The maximum Gasteiger partial charge on any atom is 0.224 e. The van der Waals surface area contributed by atoms with E-state index in [4.69, 9.17) is 30.5 Å². The summed E-state index contributed by atoms with van der Waals surface area (Å²) in [6, 6.07) is 8.15. The lowest BCUT2D eigenvalue weighted by Gasteiger charge is -2.12. The summed E-state index contributed by atoms with van der Waals surface area (Å²) in [5.41, 5.74) is 0.864. The van der Waals surface area contributed by atoms with Gasteiger partial charge in [0.05, 0.1) is 38.1 Å². The number of halogens is 1. The number of hydrogen-bond donors (Lipinski definition) is 1. The van der Waals surface area contributed by atoms with Gasteiger partial charge in [-0.25, -0.2) is 0 Å². The summed E-state index contributed by atoms with van der Waals surface area (Å²) >= 11 is 6.24. The summed E-state index contributed by atoms with van der Waals surface area (Å²) in [5, 5.41) is 3.07. The third kappa shape index (κ3) is 5.12. The lowest BCUT2D eigenvalue weighted by atomic mass is 10.1. The molecule has 0 atom stereocenters. The van der Waals surface area contributed by atoms with E-state index in [2.05, 4.69) is 5.32 Å². The Kier molecular flexibility index (Phi) is 6.82. The first-order valence-electron chi connectivity index (χ1n) is 9.16. The standard InChI is InChI=1S/C21H22ClNO6/c1-26-17-6-4-13(10-18(17)27-2)16(24)5-7-21(25)23-15-12-20-19(11-14(15)22)28-8-3-9-29-20/h4,6,10-12H,3,5,7-9H2,1-2H3,(H,23,25). The highest BCUT2D eigenvalue weighted by atomic mass is 35.5. The zero-order valence-corrected chi connectivity index (χ0v) is 17.0. The minimum absolute atomic E-state index is 0.0119. The third-order valence-corrected chi connectivity index (χ3v) is 4.71. The molecule has 7 nitrogen and oxygen atoms in total. The summed E-state index contributed by atoms with van der Waals surface area (Å²) in [7, 11) is 3.02. The number of carbonyl (C=O) groups excluding carboxylic acids is 2. The maximum absolute atomic E-state index is 12.4. The fraction of sp³-hybridized carbons (Fsp3) is 0.333. The van der Waals surface area contributed by atoms with Gasteiger partial charge in [-0.05, 0) is 18.2 Å². The minimum Gasteiger partial charge on any atom is -0.493 e. The molecule has 1 amide bonds. The van der Waals surface area contributed by atoms with Gasteiger partial charge in [0.1, 0.15) is 0 Å². The Morgan fingerprint density at radius 1 is 1.00 bits per heavy atom. The van der Waals surface area contributed by atoms with E-state index in [0.29, 0.717) is 52.5 Å². The molecule has 0 fully saturated rings. The van der Waals surface area contributed by atoms with Gasteiger partial charge in [0.2, 0.25) is 5.91 Å². The molecule has 1 aliphatic rings. The molecule has 0 spiro atoms. The van der Waals surface area contributed by atoms with Crippen molar-refractivity contribution in [2.75, 3.05) is 32.8 Å². The Hall–Kier alpha value is -2.93. The lowest BCUT2D eigenvalue weighted by molar-refractivity contribution is -0.116. The van der Waals surface area contributed by atoms with Crippen LogP contribution in [0.4, 0.5) is 5.69 Å². The van der Waals surface area contributed by atoms with E-state index in [1.807, 2.05) is 0 Å². The van der Waals surface area contributed by atoms with Crippen molar-refractivity contribution >= 4 is 29.0 Å². The van der Waals surface area contributed by atoms with Crippen molar-refractivity contribution in [3.05, 3.63) is 40.9 Å². The van der Waals surface area contributed by atoms with Crippen LogP contribution >= 0.6 is 11.6 Å². The number of anilines is 1. The zero-order chi connectivity index (χ0) is 20.8. The predicted molar refractivity (Wildman–Crippen MR) is 109 cm³/mol. The van der Waals surface area contributed by atoms with Crippen molar-refractivity contribution in [1.29, 1.82) is 0 Å². The van der Waals surface area contributed by atoms with E-state index in [0.717, 1.165) is 6.42 Å². The molecule has 0 saturated heterocycles. The monoisotopic (exact) mass is 419 g/mol.